The Balaban J connectivity index is 1.94. The minimum Gasteiger partial charge on any atom is -0.489 e. The smallest absolute Gasteiger partial charge is 0.276 e. The third kappa shape index (κ3) is 3.11. The van der Waals surface area contributed by atoms with Gasteiger partial charge in [0.05, 0.1) is 17.3 Å². The van der Waals surface area contributed by atoms with Crippen LogP contribution in [0.3, 0.4) is 0 Å². The van der Waals surface area contributed by atoms with Crippen LogP contribution in [0.2, 0.25) is 0 Å². The molecule has 0 spiro atoms. The number of ether oxygens (including phenoxy) is 1. The lowest BCUT2D eigenvalue weighted by molar-refractivity contribution is 0.102. The summed E-state index contributed by atoms with van der Waals surface area (Å²) in [5.74, 6) is 1.28. The van der Waals surface area contributed by atoms with E-state index in [2.05, 4.69) is 10.3 Å². The number of hydrogen-bond acceptors (Lipinski definition) is 3. The summed E-state index contributed by atoms with van der Waals surface area (Å²) < 4.78 is 7.71. The zero-order chi connectivity index (χ0) is 17.1. The standard InChI is InChI=1S/C19H21N3O2/c1-4-17-21-18(15-10-7-8-12-22(15)17)19(23)20-14-9-5-6-11-16(14)24-13(2)3/h5-13H,4H2,1-3H3,(H,20,23). The minimum absolute atomic E-state index is 0.0307. The third-order valence-electron chi connectivity index (χ3n) is 3.65. The molecule has 0 bridgehead atoms. The number of pyridine rings is 1. The third-order valence-corrected chi connectivity index (χ3v) is 3.65. The summed E-state index contributed by atoms with van der Waals surface area (Å²) in [5.41, 5.74) is 1.87. The maximum Gasteiger partial charge on any atom is 0.276 e. The van der Waals surface area contributed by atoms with Crippen LogP contribution in [0.1, 0.15) is 37.1 Å². The highest BCUT2D eigenvalue weighted by atomic mass is 16.5. The molecule has 3 rings (SSSR count). The first kappa shape index (κ1) is 16.1. The SMILES string of the molecule is CCc1nc(C(=O)Nc2ccccc2OC(C)C)c2ccccn12. The Morgan fingerprint density at radius 3 is 2.71 bits per heavy atom. The van der Waals surface area contributed by atoms with E-state index in [9.17, 15) is 4.79 Å². The summed E-state index contributed by atoms with van der Waals surface area (Å²) in [5, 5.41) is 2.92. The van der Waals surface area contributed by atoms with Gasteiger partial charge >= 0.3 is 0 Å². The Morgan fingerprint density at radius 1 is 1.21 bits per heavy atom. The molecule has 0 fully saturated rings. The zero-order valence-electron chi connectivity index (χ0n) is 14.1. The molecule has 0 aliphatic heterocycles. The van der Waals surface area contributed by atoms with E-state index in [1.807, 2.05) is 73.8 Å². The molecule has 2 aromatic heterocycles. The number of nitrogens with zero attached hydrogens (tertiary/aromatic N) is 2. The zero-order valence-corrected chi connectivity index (χ0v) is 14.1. The largest absolute Gasteiger partial charge is 0.489 e. The van der Waals surface area contributed by atoms with Crippen LogP contribution in [0.4, 0.5) is 5.69 Å². The second kappa shape index (κ2) is 6.74. The van der Waals surface area contributed by atoms with E-state index in [1.165, 1.54) is 0 Å². The number of aryl methyl sites for hydroxylation is 1. The molecular formula is C19H21N3O2. The number of nitrogens with one attached hydrogen (secondary N) is 1. The van der Waals surface area contributed by atoms with E-state index >= 15 is 0 Å². The van der Waals surface area contributed by atoms with Gasteiger partial charge in [0.15, 0.2) is 5.69 Å². The molecule has 1 amide bonds. The van der Waals surface area contributed by atoms with Crippen molar-refractivity contribution in [2.24, 2.45) is 0 Å². The maximum absolute atomic E-state index is 12.8. The number of amides is 1. The fourth-order valence-electron chi connectivity index (χ4n) is 2.63. The van der Waals surface area contributed by atoms with Gasteiger partial charge in [-0.1, -0.05) is 25.1 Å². The van der Waals surface area contributed by atoms with Crippen LogP contribution < -0.4 is 10.1 Å². The van der Waals surface area contributed by atoms with Crippen molar-refractivity contribution in [1.82, 2.24) is 9.38 Å². The molecule has 0 saturated heterocycles. The molecule has 0 aliphatic carbocycles. The van der Waals surface area contributed by atoms with Gasteiger partial charge in [-0.25, -0.2) is 4.98 Å². The number of imidazole rings is 1. The summed E-state index contributed by atoms with van der Waals surface area (Å²) >= 11 is 0. The van der Waals surface area contributed by atoms with Crippen LogP contribution >= 0.6 is 0 Å². The van der Waals surface area contributed by atoms with Gasteiger partial charge in [0, 0.05) is 12.6 Å². The van der Waals surface area contributed by atoms with Crippen molar-refractivity contribution < 1.29 is 9.53 Å². The molecule has 0 atom stereocenters. The van der Waals surface area contributed by atoms with Crippen LogP contribution in [-0.4, -0.2) is 21.4 Å². The van der Waals surface area contributed by atoms with Gasteiger partial charge < -0.3 is 14.5 Å². The molecule has 0 saturated carbocycles. The highest BCUT2D eigenvalue weighted by Crippen LogP contribution is 2.26. The quantitative estimate of drug-likeness (QED) is 0.774. The molecule has 0 unspecified atom stereocenters. The Morgan fingerprint density at radius 2 is 1.96 bits per heavy atom. The molecule has 5 nitrogen and oxygen atoms in total. The molecular weight excluding hydrogens is 302 g/mol. The second-order valence-electron chi connectivity index (χ2n) is 5.80. The van der Waals surface area contributed by atoms with Gasteiger partial charge in [-0.3, -0.25) is 4.79 Å². The van der Waals surface area contributed by atoms with E-state index in [4.69, 9.17) is 4.74 Å². The van der Waals surface area contributed by atoms with Gasteiger partial charge in [0.1, 0.15) is 11.6 Å². The van der Waals surface area contributed by atoms with Crippen LogP contribution in [0.25, 0.3) is 5.52 Å². The van der Waals surface area contributed by atoms with Crippen LogP contribution in [0.5, 0.6) is 5.75 Å². The molecule has 5 heteroatoms. The molecule has 0 aliphatic rings. The van der Waals surface area contributed by atoms with E-state index in [0.717, 1.165) is 17.8 Å². The Bertz CT molecular complexity index is 868. The van der Waals surface area contributed by atoms with Crippen molar-refractivity contribution in [3.63, 3.8) is 0 Å². The average Bonchev–Trinajstić information content (AvgIpc) is 2.95. The van der Waals surface area contributed by atoms with Gasteiger partial charge in [-0.05, 0) is 38.1 Å². The second-order valence-corrected chi connectivity index (χ2v) is 5.80. The van der Waals surface area contributed by atoms with Crippen molar-refractivity contribution >= 4 is 17.1 Å². The fraction of sp³-hybridized carbons (Fsp3) is 0.263. The number of rotatable bonds is 5. The summed E-state index contributed by atoms with van der Waals surface area (Å²) in [6.45, 7) is 5.93. The first-order chi connectivity index (χ1) is 11.6. The first-order valence-corrected chi connectivity index (χ1v) is 8.13. The van der Waals surface area contributed by atoms with Crippen molar-refractivity contribution in [3.8, 4) is 5.75 Å². The molecule has 3 aromatic rings. The molecule has 0 radical (unpaired) electrons. The van der Waals surface area contributed by atoms with E-state index < -0.39 is 0 Å². The lowest BCUT2D eigenvalue weighted by atomic mass is 10.2. The lowest BCUT2D eigenvalue weighted by Gasteiger charge is -2.14. The highest BCUT2D eigenvalue weighted by Gasteiger charge is 2.18. The monoisotopic (exact) mass is 323 g/mol. The molecule has 24 heavy (non-hydrogen) atoms. The number of aromatic nitrogens is 2. The average molecular weight is 323 g/mol. The number of hydrogen-bond donors (Lipinski definition) is 1. The van der Waals surface area contributed by atoms with E-state index in [-0.39, 0.29) is 12.0 Å². The topological polar surface area (TPSA) is 55.6 Å². The molecule has 2 heterocycles. The highest BCUT2D eigenvalue weighted by molar-refractivity contribution is 6.08. The van der Waals surface area contributed by atoms with Crippen molar-refractivity contribution in [2.75, 3.05) is 5.32 Å². The van der Waals surface area contributed by atoms with Crippen molar-refractivity contribution in [1.29, 1.82) is 0 Å². The number of carbonyl (C=O) groups excluding carboxylic acids is 1. The number of benzene rings is 1. The van der Waals surface area contributed by atoms with Crippen molar-refractivity contribution in [2.45, 2.75) is 33.3 Å². The Hall–Kier alpha value is -2.82. The Labute approximate surface area is 141 Å². The normalized spacial score (nSPS) is 11.0. The minimum atomic E-state index is -0.238. The summed E-state index contributed by atoms with van der Waals surface area (Å²) in [7, 11) is 0. The van der Waals surface area contributed by atoms with Gasteiger partial charge in [0.2, 0.25) is 0 Å². The maximum atomic E-state index is 12.8. The number of carbonyl (C=O) groups is 1. The lowest BCUT2D eigenvalue weighted by Crippen LogP contribution is -2.15. The van der Waals surface area contributed by atoms with E-state index in [0.29, 0.717) is 17.1 Å². The first-order valence-electron chi connectivity index (χ1n) is 8.13. The van der Waals surface area contributed by atoms with Gasteiger partial charge in [0.25, 0.3) is 5.91 Å². The van der Waals surface area contributed by atoms with Crippen LogP contribution in [-0.2, 0) is 6.42 Å². The predicted octanol–water partition coefficient (Wildman–Crippen LogP) is 3.94. The van der Waals surface area contributed by atoms with Gasteiger partial charge in [-0.2, -0.15) is 0 Å². The fourth-order valence-corrected chi connectivity index (χ4v) is 2.63. The molecule has 124 valence electrons. The molecule has 1 aromatic carbocycles. The predicted molar refractivity (Wildman–Crippen MR) is 94.7 cm³/mol. The van der Waals surface area contributed by atoms with Crippen LogP contribution in [0.15, 0.2) is 48.7 Å². The van der Waals surface area contributed by atoms with E-state index in [1.54, 1.807) is 0 Å². The number of fused-ring (bicyclic) bond motifs is 1. The van der Waals surface area contributed by atoms with Gasteiger partial charge in [-0.15, -0.1) is 0 Å². The van der Waals surface area contributed by atoms with Crippen LogP contribution in [0, 0.1) is 0 Å². The summed E-state index contributed by atoms with van der Waals surface area (Å²) in [6, 6.07) is 13.2. The molecule has 1 N–H and O–H groups in total. The number of para-hydroxylation sites is 2. The summed E-state index contributed by atoms with van der Waals surface area (Å²) in [6.07, 6.45) is 2.71. The summed E-state index contributed by atoms with van der Waals surface area (Å²) in [4.78, 5) is 17.3. The Kier molecular flexibility index (Phi) is 4.51. The van der Waals surface area contributed by atoms with Crippen molar-refractivity contribution in [3.05, 3.63) is 60.2 Å². The number of anilines is 1.